The Kier molecular flexibility index (Phi) is 5.94. The summed E-state index contributed by atoms with van der Waals surface area (Å²) < 4.78 is 0. The number of H-pyrrole nitrogens is 1. The number of anilines is 1. The first kappa shape index (κ1) is 20.8. The molecule has 2 aromatic carbocycles. The van der Waals surface area contributed by atoms with Crippen molar-refractivity contribution in [3.05, 3.63) is 84.2 Å². The van der Waals surface area contributed by atoms with Crippen LogP contribution in [0.3, 0.4) is 0 Å². The summed E-state index contributed by atoms with van der Waals surface area (Å²) in [4.78, 5) is 43.7. The van der Waals surface area contributed by atoms with Crippen molar-refractivity contribution in [3.8, 4) is 11.3 Å². The number of nitrogens with one attached hydrogen (secondary N) is 4. The molecule has 4 N–H and O–H groups in total. The molecule has 0 aliphatic carbocycles. The number of pyridine rings is 1. The molecule has 32 heavy (non-hydrogen) atoms. The summed E-state index contributed by atoms with van der Waals surface area (Å²) in [5.41, 5.74) is 4.23. The number of hydrogen-bond acceptors (Lipinski definition) is 4. The number of aromatic nitrogens is 2. The second-order valence-electron chi connectivity index (χ2n) is 7.12. The minimum Gasteiger partial charge on any atom is -0.354 e. The Bertz CT molecular complexity index is 1300. The highest BCUT2D eigenvalue weighted by Gasteiger charge is 2.15. The first-order valence-corrected chi connectivity index (χ1v) is 9.98. The van der Waals surface area contributed by atoms with Crippen molar-refractivity contribution in [2.45, 2.75) is 6.54 Å². The van der Waals surface area contributed by atoms with E-state index in [0.29, 0.717) is 11.4 Å². The number of carbonyl (C=O) groups is 3. The van der Waals surface area contributed by atoms with Gasteiger partial charge in [0.05, 0.1) is 5.69 Å². The minimum absolute atomic E-state index is 0.208. The molecule has 0 bridgehead atoms. The van der Waals surface area contributed by atoms with Crippen LogP contribution in [0.15, 0.2) is 72.9 Å². The Balaban J connectivity index is 1.38. The second kappa shape index (κ2) is 9.13. The summed E-state index contributed by atoms with van der Waals surface area (Å²) in [5, 5.41) is 8.51. The monoisotopic (exact) mass is 427 g/mol. The van der Waals surface area contributed by atoms with Gasteiger partial charge in [-0.05, 0) is 48.0 Å². The van der Waals surface area contributed by atoms with Crippen molar-refractivity contribution < 1.29 is 14.4 Å². The lowest BCUT2D eigenvalue weighted by Crippen LogP contribution is -2.34. The Morgan fingerprint density at radius 2 is 1.81 bits per heavy atom. The molecule has 4 rings (SSSR count). The zero-order chi connectivity index (χ0) is 22.5. The van der Waals surface area contributed by atoms with Gasteiger partial charge in [0.25, 0.3) is 5.91 Å². The molecule has 0 radical (unpaired) electrons. The molecule has 0 fully saturated rings. The maximum Gasteiger partial charge on any atom is 0.313 e. The largest absolute Gasteiger partial charge is 0.354 e. The molecular formula is C24H21N5O3. The van der Waals surface area contributed by atoms with Crippen molar-refractivity contribution in [1.82, 2.24) is 20.6 Å². The van der Waals surface area contributed by atoms with Crippen LogP contribution < -0.4 is 16.0 Å². The zero-order valence-electron chi connectivity index (χ0n) is 17.3. The van der Waals surface area contributed by atoms with Crippen molar-refractivity contribution in [3.63, 3.8) is 0 Å². The van der Waals surface area contributed by atoms with Gasteiger partial charge in [-0.25, -0.2) is 0 Å². The first-order valence-electron chi connectivity index (χ1n) is 9.98. The van der Waals surface area contributed by atoms with Gasteiger partial charge in [-0.15, -0.1) is 0 Å². The molecule has 0 unspecified atom stereocenters. The van der Waals surface area contributed by atoms with E-state index in [1.807, 2.05) is 42.5 Å². The van der Waals surface area contributed by atoms with Gasteiger partial charge in [0.2, 0.25) is 0 Å². The Labute approximate surface area is 184 Å². The SMILES string of the molecule is CNC(=O)c1cc2cc(NC(=O)C(=O)NCc3cccc(-c4ccccn4)c3)ccc2[nH]1. The lowest BCUT2D eigenvalue weighted by Gasteiger charge is -2.08. The molecule has 0 aliphatic heterocycles. The van der Waals surface area contributed by atoms with Gasteiger partial charge >= 0.3 is 11.8 Å². The first-order chi connectivity index (χ1) is 15.5. The highest BCUT2D eigenvalue weighted by molar-refractivity contribution is 6.39. The van der Waals surface area contributed by atoms with E-state index in [1.54, 1.807) is 37.5 Å². The number of amides is 3. The molecule has 0 spiro atoms. The van der Waals surface area contributed by atoms with E-state index >= 15 is 0 Å². The summed E-state index contributed by atoms with van der Waals surface area (Å²) in [7, 11) is 1.55. The molecule has 0 atom stereocenters. The third-order valence-corrected chi connectivity index (χ3v) is 4.90. The van der Waals surface area contributed by atoms with E-state index < -0.39 is 11.8 Å². The average molecular weight is 427 g/mol. The second-order valence-corrected chi connectivity index (χ2v) is 7.12. The average Bonchev–Trinajstić information content (AvgIpc) is 3.26. The van der Waals surface area contributed by atoms with Crippen LogP contribution in [0.25, 0.3) is 22.2 Å². The van der Waals surface area contributed by atoms with Gasteiger partial charge in [0.1, 0.15) is 5.69 Å². The third-order valence-electron chi connectivity index (χ3n) is 4.90. The fourth-order valence-electron chi connectivity index (χ4n) is 3.29. The Morgan fingerprint density at radius 1 is 0.938 bits per heavy atom. The van der Waals surface area contributed by atoms with Crippen molar-refractivity contribution in [2.75, 3.05) is 12.4 Å². The van der Waals surface area contributed by atoms with Crippen LogP contribution in [-0.2, 0) is 16.1 Å². The maximum atomic E-state index is 12.3. The number of benzene rings is 2. The predicted octanol–water partition coefficient (Wildman–Crippen LogP) is 2.84. The molecule has 0 saturated heterocycles. The summed E-state index contributed by atoms with van der Waals surface area (Å²) in [5.74, 6) is -1.75. The van der Waals surface area contributed by atoms with E-state index in [4.69, 9.17) is 0 Å². The van der Waals surface area contributed by atoms with E-state index in [1.165, 1.54) is 0 Å². The van der Waals surface area contributed by atoms with Gasteiger partial charge in [-0.1, -0.05) is 24.3 Å². The highest BCUT2D eigenvalue weighted by Crippen LogP contribution is 2.20. The topological polar surface area (TPSA) is 116 Å². The van der Waals surface area contributed by atoms with E-state index in [-0.39, 0.29) is 12.5 Å². The molecule has 2 aromatic heterocycles. The normalized spacial score (nSPS) is 10.5. The van der Waals surface area contributed by atoms with Crippen LogP contribution in [-0.4, -0.2) is 34.7 Å². The van der Waals surface area contributed by atoms with Crippen LogP contribution in [0.1, 0.15) is 16.1 Å². The van der Waals surface area contributed by atoms with Crippen LogP contribution in [0.2, 0.25) is 0 Å². The number of carbonyl (C=O) groups excluding carboxylic acids is 3. The van der Waals surface area contributed by atoms with Gasteiger partial charge in [-0.3, -0.25) is 19.4 Å². The molecule has 2 heterocycles. The van der Waals surface area contributed by atoms with E-state index in [2.05, 4.69) is 25.9 Å². The van der Waals surface area contributed by atoms with Crippen LogP contribution in [0.5, 0.6) is 0 Å². The predicted molar refractivity (Wildman–Crippen MR) is 122 cm³/mol. The standard InChI is InChI=1S/C24H21N5O3/c1-25-22(30)21-13-17-12-18(8-9-20(17)29-21)28-24(32)23(31)27-14-15-5-4-6-16(11-15)19-7-2-3-10-26-19/h2-13,29H,14H2,1H3,(H,25,30)(H,27,31)(H,28,32). The Morgan fingerprint density at radius 3 is 2.59 bits per heavy atom. The highest BCUT2D eigenvalue weighted by atomic mass is 16.2. The quantitative estimate of drug-likeness (QED) is 0.367. The van der Waals surface area contributed by atoms with Gasteiger partial charge in [0, 0.05) is 41.9 Å². The van der Waals surface area contributed by atoms with Crippen molar-refractivity contribution >= 4 is 34.3 Å². The fourth-order valence-corrected chi connectivity index (χ4v) is 3.29. The minimum atomic E-state index is -0.771. The third kappa shape index (κ3) is 4.65. The van der Waals surface area contributed by atoms with Gasteiger partial charge in [-0.2, -0.15) is 0 Å². The summed E-state index contributed by atoms with van der Waals surface area (Å²) in [6.07, 6.45) is 1.72. The van der Waals surface area contributed by atoms with Crippen LogP contribution in [0.4, 0.5) is 5.69 Å². The molecule has 160 valence electrons. The number of fused-ring (bicyclic) bond motifs is 1. The number of hydrogen-bond donors (Lipinski definition) is 4. The zero-order valence-corrected chi connectivity index (χ0v) is 17.3. The fraction of sp³-hybridized carbons (Fsp3) is 0.0833. The Hall–Kier alpha value is -4.46. The maximum absolute atomic E-state index is 12.3. The summed E-state index contributed by atoms with van der Waals surface area (Å²) in [6.45, 7) is 0.208. The summed E-state index contributed by atoms with van der Waals surface area (Å²) in [6, 6.07) is 20.0. The van der Waals surface area contributed by atoms with Crippen molar-refractivity contribution in [1.29, 1.82) is 0 Å². The van der Waals surface area contributed by atoms with Crippen LogP contribution in [0, 0.1) is 0 Å². The van der Waals surface area contributed by atoms with Gasteiger partial charge < -0.3 is 20.9 Å². The van der Waals surface area contributed by atoms with Gasteiger partial charge in [0.15, 0.2) is 0 Å². The number of aromatic amines is 1. The molecule has 0 saturated carbocycles. The number of rotatable bonds is 5. The molecule has 0 aliphatic rings. The van der Waals surface area contributed by atoms with Crippen molar-refractivity contribution in [2.24, 2.45) is 0 Å². The molecular weight excluding hydrogens is 406 g/mol. The molecule has 4 aromatic rings. The number of nitrogens with zero attached hydrogens (tertiary/aromatic N) is 1. The lowest BCUT2D eigenvalue weighted by molar-refractivity contribution is -0.136. The summed E-state index contributed by atoms with van der Waals surface area (Å²) >= 11 is 0. The molecule has 8 heteroatoms. The molecule has 8 nitrogen and oxygen atoms in total. The smallest absolute Gasteiger partial charge is 0.313 e. The van der Waals surface area contributed by atoms with Crippen LogP contribution >= 0.6 is 0 Å². The molecule has 3 amide bonds. The van der Waals surface area contributed by atoms with E-state index in [0.717, 1.165) is 27.7 Å². The van der Waals surface area contributed by atoms with E-state index in [9.17, 15) is 14.4 Å². The lowest BCUT2D eigenvalue weighted by atomic mass is 10.1.